The number of nitrogen functional groups attached to an aromatic ring is 1. The highest BCUT2D eigenvalue weighted by Crippen LogP contribution is 2.39. The average molecular weight is 730 g/mol. The van der Waals surface area contributed by atoms with Gasteiger partial charge >= 0.3 is 0 Å². The summed E-state index contributed by atoms with van der Waals surface area (Å²) in [7, 11) is 0. The predicted molar refractivity (Wildman–Crippen MR) is 242 cm³/mol. The first-order chi connectivity index (χ1) is 28.2. The van der Waals surface area contributed by atoms with Gasteiger partial charge in [-0.05, 0) is 123 Å². The molecule has 0 aliphatic heterocycles. The Bertz CT molecular complexity index is 2930. The number of benzene rings is 9. The summed E-state index contributed by atoms with van der Waals surface area (Å²) in [6.07, 6.45) is 0. The largest absolute Gasteiger partial charge is 0.399 e. The number of nitrogens with zero attached hydrogens (tertiary/aromatic N) is 2. The van der Waals surface area contributed by atoms with E-state index in [2.05, 4.69) is 222 Å². The zero-order valence-electron chi connectivity index (χ0n) is 31.3. The predicted octanol–water partition coefficient (Wildman–Crippen LogP) is 14.5. The standard InChI is InChI=1S/C54H39N3/c55-46-28-20-39(21-29-46)40-22-30-47(31-23-40)56(48-32-24-41(25-33-48)44-13-8-12-43(36-44)38-10-2-1-3-11-38)49-34-26-42(27-35-49)45-14-9-15-50(37-45)57-53-18-6-4-16-51(53)52-17-5-7-19-54(52)57/h1-37H,55H2. The summed E-state index contributed by atoms with van der Waals surface area (Å²) in [5.41, 5.74) is 22.9. The van der Waals surface area contributed by atoms with Gasteiger partial charge in [0, 0.05) is 39.2 Å². The van der Waals surface area contributed by atoms with E-state index in [1.165, 1.54) is 49.6 Å². The molecule has 2 N–H and O–H groups in total. The number of fused-ring (bicyclic) bond motifs is 3. The van der Waals surface area contributed by atoms with E-state index >= 15 is 0 Å². The molecule has 3 heteroatoms. The van der Waals surface area contributed by atoms with Crippen molar-refractivity contribution in [1.29, 1.82) is 0 Å². The van der Waals surface area contributed by atoms with Crippen molar-refractivity contribution in [2.45, 2.75) is 0 Å². The zero-order chi connectivity index (χ0) is 38.1. The van der Waals surface area contributed by atoms with Gasteiger partial charge in [0.15, 0.2) is 0 Å². The first-order valence-electron chi connectivity index (χ1n) is 19.4. The maximum atomic E-state index is 5.99. The molecule has 0 aliphatic carbocycles. The lowest BCUT2D eigenvalue weighted by atomic mass is 9.98. The third kappa shape index (κ3) is 6.52. The van der Waals surface area contributed by atoms with Crippen LogP contribution in [0.3, 0.4) is 0 Å². The summed E-state index contributed by atoms with van der Waals surface area (Å²) in [5.74, 6) is 0. The molecule has 0 aliphatic rings. The molecule has 1 heterocycles. The highest BCUT2D eigenvalue weighted by Gasteiger charge is 2.16. The fourth-order valence-electron chi connectivity index (χ4n) is 8.07. The minimum Gasteiger partial charge on any atom is -0.399 e. The van der Waals surface area contributed by atoms with Crippen molar-refractivity contribution < 1.29 is 0 Å². The molecule has 0 saturated carbocycles. The Balaban J connectivity index is 1.01. The van der Waals surface area contributed by atoms with Gasteiger partial charge in [-0.3, -0.25) is 0 Å². The lowest BCUT2D eigenvalue weighted by Crippen LogP contribution is -2.09. The molecule has 0 atom stereocenters. The van der Waals surface area contributed by atoms with Crippen molar-refractivity contribution in [2.24, 2.45) is 0 Å². The van der Waals surface area contributed by atoms with Crippen molar-refractivity contribution in [2.75, 3.05) is 10.6 Å². The summed E-state index contributed by atoms with van der Waals surface area (Å²) in [4.78, 5) is 2.33. The summed E-state index contributed by atoms with van der Waals surface area (Å²) in [6, 6.07) is 80.2. The normalized spacial score (nSPS) is 11.2. The van der Waals surface area contributed by atoms with Crippen LogP contribution in [0.1, 0.15) is 0 Å². The number of para-hydroxylation sites is 2. The van der Waals surface area contributed by atoms with E-state index < -0.39 is 0 Å². The van der Waals surface area contributed by atoms with Crippen LogP contribution in [0.4, 0.5) is 22.7 Å². The van der Waals surface area contributed by atoms with Gasteiger partial charge in [-0.25, -0.2) is 0 Å². The highest BCUT2D eigenvalue weighted by atomic mass is 15.1. The Kier molecular flexibility index (Phi) is 8.66. The van der Waals surface area contributed by atoms with Crippen molar-refractivity contribution in [3.63, 3.8) is 0 Å². The third-order valence-corrected chi connectivity index (χ3v) is 10.9. The Morgan fingerprint density at radius 3 is 1.18 bits per heavy atom. The molecule has 0 spiro atoms. The second-order valence-electron chi connectivity index (χ2n) is 14.5. The average Bonchev–Trinajstić information content (AvgIpc) is 3.62. The van der Waals surface area contributed by atoms with Crippen molar-refractivity contribution >= 4 is 44.6 Å². The van der Waals surface area contributed by atoms with E-state index in [4.69, 9.17) is 5.73 Å². The van der Waals surface area contributed by atoms with Crippen LogP contribution in [-0.2, 0) is 0 Å². The molecule has 0 saturated heterocycles. The van der Waals surface area contributed by atoms with Crippen LogP contribution < -0.4 is 10.6 Å². The Labute approximate surface area is 333 Å². The van der Waals surface area contributed by atoms with Gasteiger partial charge in [-0.15, -0.1) is 0 Å². The molecule has 0 radical (unpaired) electrons. The fraction of sp³-hybridized carbons (Fsp3) is 0. The fourth-order valence-corrected chi connectivity index (χ4v) is 8.07. The molecule has 0 fully saturated rings. The Hall–Kier alpha value is -7.62. The summed E-state index contributed by atoms with van der Waals surface area (Å²) in [6.45, 7) is 0. The molecule has 0 unspecified atom stereocenters. The molecule has 10 aromatic rings. The van der Waals surface area contributed by atoms with Crippen LogP contribution in [0.25, 0.3) is 72.0 Å². The zero-order valence-corrected chi connectivity index (χ0v) is 31.3. The van der Waals surface area contributed by atoms with E-state index in [-0.39, 0.29) is 0 Å². The maximum Gasteiger partial charge on any atom is 0.0541 e. The van der Waals surface area contributed by atoms with Gasteiger partial charge < -0.3 is 15.2 Å². The van der Waals surface area contributed by atoms with Crippen LogP contribution in [0.15, 0.2) is 224 Å². The summed E-state index contributed by atoms with van der Waals surface area (Å²) in [5, 5.41) is 2.52. The number of hydrogen-bond donors (Lipinski definition) is 1. The number of anilines is 4. The first-order valence-corrected chi connectivity index (χ1v) is 19.4. The minimum atomic E-state index is 0.763. The topological polar surface area (TPSA) is 34.2 Å². The number of hydrogen-bond acceptors (Lipinski definition) is 2. The molecule has 3 nitrogen and oxygen atoms in total. The number of nitrogens with two attached hydrogens (primary N) is 1. The van der Waals surface area contributed by atoms with Crippen LogP contribution in [0, 0.1) is 0 Å². The van der Waals surface area contributed by atoms with Gasteiger partial charge in [0.2, 0.25) is 0 Å². The van der Waals surface area contributed by atoms with Crippen LogP contribution in [0.2, 0.25) is 0 Å². The highest BCUT2D eigenvalue weighted by molar-refractivity contribution is 6.09. The van der Waals surface area contributed by atoms with E-state index in [1.807, 2.05) is 12.1 Å². The summed E-state index contributed by atoms with van der Waals surface area (Å²) < 4.78 is 2.37. The molecule has 10 rings (SSSR count). The van der Waals surface area contributed by atoms with Gasteiger partial charge in [-0.2, -0.15) is 0 Å². The smallest absolute Gasteiger partial charge is 0.0541 e. The SMILES string of the molecule is Nc1ccc(-c2ccc(N(c3ccc(-c4cccc(-c5ccccc5)c4)cc3)c3ccc(-c4cccc(-n5c6ccccc6c6ccccc65)c4)cc3)cc2)cc1. The van der Waals surface area contributed by atoms with Gasteiger partial charge in [0.05, 0.1) is 11.0 Å². The molecule has 1 aromatic heterocycles. The van der Waals surface area contributed by atoms with Crippen molar-refractivity contribution in [3.05, 3.63) is 224 Å². The molecule has 57 heavy (non-hydrogen) atoms. The molecule has 270 valence electrons. The van der Waals surface area contributed by atoms with Crippen LogP contribution >= 0.6 is 0 Å². The monoisotopic (exact) mass is 729 g/mol. The maximum absolute atomic E-state index is 5.99. The van der Waals surface area contributed by atoms with E-state index in [0.29, 0.717) is 0 Å². The number of rotatable bonds is 8. The molecule has 0 bridgehead atoms. The van der Waals surface area contributed by atoms with Crippen molar-refractivity contribution in [1.82, 2.24) is 4.57 Å². The third-order valence-electron chi connectivity index (χ3n) is 10.9. The molecule has 9 aromatic carbocycles. The van der Waals surface area contributed by atoms with E-state index in [0.717, 1.165) is 45.1 Å². The second kappa shape index (κ2) is 14.6. The minimum absolute atomic E-state index is 0.763. The van der Waals surface area contributed by atoms with Crippen molar-refractivity contribution in [3.8, 4) is 50.2 Å². The molecular formula is C54H39N3. The lowest BCUT2D eigenvalue weighted by molar-refractivity contribution is 1.18. The number of aromatic nitrogens is 1. The molecule has 0 amide bonds. The van der Waals surface area contributed by atoms with Gasteiger partial charge in [0.1, 0.15) is 0 Å². The Morgan fingerprint density at radius 1 is 0.298 bits per heavy atom. The van der Waals surface area contributed by atoms with E-state index in [1.54, 1.807) is 0 Å². The lowest BCUT2D eigenvalue weighted by Gasteiger charge is -2.26. The Morgan fingerprint density at radius 2 is 0.667 bits per heavy atom. The quantitative estimate of drug-likeness (QED) is 0.158. The summed E-state index contributed by atoms with van der Waals surface area (Å²) >= 11 is 0. The van der Waals surface area contributed by atoms with Crippen LogP contribution in [0.5, 0.6) is 0 Å². The van der Waals surface area contributed by atoms with E-state index in [9.17, 15) is 0 Å². The molecular weight excluding hydrogens is 691 g/mol. The van der Waals surface area contributed by atoms with Gasteiger partial charge in [-0.1, -0.05) is 146 Å². The first kappa shape index (κ1) is 33.9. The van der Waals surface area contributed by atoms with Gasteiger partial charge in [0.25, 0.3) is 0 Å². The van der Waals surface area contributed by atoms with Crippen LogP contribution in [-0.4, -0.2) is 4.57 Å². The second-order valence-corrected chi connectivity index (χ2v) is 14.5.